The summed E-state index contributed by atoms with van der Waals surface area (Å²) in [7, 11) is 5.21. The molecule has 0 spiro atoms. The van der Waals surface area contributed by atoms with E-state index >= 15 is 0 Å². The van der Waals surface area contributed by atoms with Gasteiger partial charge in [0.25, 0.3) is 5.91 Å². The largest absolute Gasteiger partial charge is 0.493 e. The van der Waals surface area contributed by atoms with Crippen LogP contribution in [0.2, 0.25) is 0 Å². The van der Waals surface area contributed by atoms with Crippen molar-refractivity contribution in [2.45, 2.75) is 26.8 Å². The lowest BCUT2D eigenvalue weighted by atomic mass is 9.90. The first-order valence-electron chi connectivity index (χ1n) is 13.8. The van der Waals surface area contributed by atoms with Crippen molar-refractivity contribution >= 4 is 53.9 Å². The molecule has 0 saturated carbocycles. The molecule has 1 aromatic heterocycles. The molecule has 11 heteroatoms. The summed E-state index contributed by atoms with van der Waals surface area (Å²) in [6, 6.07) is 18.8. The number of ether oxygens (including phenoxy) is 1. The van der Waals surface area contributed by atoms with Gasteiger partial charge < -0.3 is 19.4 Å². The van der Waals surface area contributed by atoms with Crippen molar-refractivity contribution in [1.82, 2.24) is 14.8 Å². The van der Waals surface area contributed by atoms with E-state index in [-0.39, 0.29) is 42.5 Å². The average Bonchev–Trinajstić information content (AvgIpc) is 3.04. The van der Waals surface area contributed by atoms with Crippen LogP contribution >= 0.6 is 24.8 Å². The second kappa shape index (κ2) is 15.7. The molecule has 9 nitrogen and oxygen atoms in total. The molecule has 1 aliphatic rings. The molecule has 43 heavy (non-hydrogen) atoms. The standard InChI is InChI=1S/C32H39N5O4.2ClH/c1-32(2)30(39)35(4)27-13-12-26(22-28(27)36(5)31(32)40)41-21-9-18-37(23-24-14-16-33-17-15-24)20-19-34(3)29(38)25-10-7-6-8-11-25;;/h6-8,10-17,22H,9,18-21,23H2,1-5H3;2*1H. The van der Waals surface area contributed by atoms with Gasteiger partial charge in [0.15, 0.2) is 0 Å². The van der Waals surface area contributed by atoms with Crippen LogP contribution in [0.4, 0.5) is 11.4 Å². The molecule has 0 unspecified atom stereocenters. The van der Waals surface area contributed by atoms with E-state index in [1.165, 1.54) is 9.80 Å². The third-order valence-electron chi connectivity index (χ3n) is 7.51. The molecule has 2 heterocycles. The Balaban J connectivity index is 0.00000323. The fraction of sp³-hybridized carbons (Fsp3) is 0.375. The molecule has 2 aromatic carbocycles. The molecule has 0 fully saturated rings. The minimum absolute atomic E-state index is 0. The van der Waals surface area contributed by atoms with Gasteiger partial charge in [-0.1, -0.05) is 18.2 Å². The molecule has 0 radical (unpaired) electrons. The minimum atomic E-state index is -1.15. The summed E-state index contributed by atoms with van der Waals surface area (Å²) in [5, 5.41) is 0. The minimum Gasteiger partial charge on any atom is -0.493 e. The van der Waals surface area contributed by atoms with Gasteiger partial charge in [0.1, 0.15) is 11.2 Å². The van der Waals surface area contributed by atoms with Crippen LogP contribution < -0.4 is 14.5 Å². The highest BCUT2D eigenvalue weighted by molar-refractivity contribution is 6.19. The molecular weight excluding hydrogens is 589 g/mol. The van der Waals surface area contributed by atoms with Gasteiger partial charge >= 0.3 is 0 Å². The van der Waals surface area contributed by atoms with Crippen LogP contribution in [0.3, 0.4) is 0 Å². The number of amides is 3. The zero-order valence-electron chi connectivity index (χ0n) is 25.4. The normalized spacial score (nSPS) is 13.9. The third kappa shape index (κ3) is 8.46. The number of hydrogen-bond donors (Lipinski definition) is 0. The summed E-state index contributed by atoms with van der Waals surface area (Å²) < 4.78 is 6.09. The summed E-state index contributed by atoms with van der Waals surface area (Å²) in [5.41, 5.74) is 1.98. The smallest absolute Gasteiger partial charge is 0.253 e. The van der Waals surface area contributed by atoms with Gasteiger partial charge in [-0.25, -0.2) is 0 Å². The molecule has 3 amide bonds. The zero-order chi connectivity index (χ0) is 29.6. The highest BCUT2D eigenvalue weighted by Crippen LogP contribution is 2.39. The molecule has 0 atom stereocenters. The van der Waals surface area contributed by atoms with Crippen molar-refractivity contribution < 1.29 is 19.1 Å². The molecule has 4 rings (SSSR count). The van der Waals surface area contributed by atoms with Gasteiger partial charge in [0.2, 0.25) is 11.8 Å². The van der Waals surface area contributed by atoms with Gasteiger partial charge in [-0.3, -0.25) is 24.3 Å². The summed E-state index contributed by atoms with van der Waals surface area (Å²) in [4.78, 5) is 50.0. The van der Waals surface area contributed by atoms with E-state index in [1.54, 1.807) is 45.2 Å². The molecule has 0 bridgehead atoms. The number of aromatic nitrogens is 1. The first kappa shape index (κ1) is 35.5. The fourth-order valence-electron chi connectivity index (χ4n) is 4.98. The molecule has 3 aromatic rings. The number of fused-ring (bicyclic) bond motifs is 1. The van der Waals surface area contributed by atoms with E-state index in [2.05, 4.69) is 9.88 Å². The average molecular weight is 631 g/mol. The van der Waals surface area contributed by atoms with Crippen molar-refractivity contribution in [1.29, 1.82) is 0 Å². The van der Waals surface area contributed by atoms with Crippen LogP contribution in [-0.4, -0.2) is 79.9 Å². The number of benzene rings is 2. The Bertz CT molecular complexity index is 1370. The molecular formula is C32H41Cl2N5O4. The first-order valence-corrected chi connectivity index (χ1v) is 13.8. The Kier molecular flexibility index (Phi) is 13.0. The lowest BCUT2D eigenvalue weighted by Gasteiger charge is -2.26. The highest BCUT2D eigenvalue weighted by atomic mass is 35.5. The number of halogens is 2. The fourth-order valence-corrected chi connectivity index (χ4v) is 4.98. The Labute approximate surface area is 266 Å². The molecule has 232 valence electrons. The number of carbonyl (C=O) groups is 3. The monoisotopic (exact) mass is 629 g/mol. The van der Waals surface area contributed by atoms with E-state index in [0.29, 0.717) is 42.4 Å². The maximum absolute atomic E-state index is 13.0. The predicted molar refractivity (Wildman–Crippen MR) is 175 cm³/mol. The summed E-state index contributed by atoms with van der Waals surface area (Å²) >= 11 is 0. The number of nitrogens with zero attached hydrogens (tertiary/aromatic N) is 5. The molecule has 1 aliphatic heterocycles. The van der Waals surface area contributed by atoms with Gasteiger partial charge in [-0.2, -0.15) is 0 Å². The van der Waals surface area contributed by atoms with Crippen LogP contribution in [0.1, 0.15) is 36.2 Å². The predicted octanol–water partition coefficient (Wildman–Crippen LogP) is 4.93. The van der Waals surface area contributed by atoms with Gasteiger partial charge in [-0.15, -0.1) is 24.8 Å². The van der Waals surface area contributed by atoms with Crippen molar-refractivity contribution in [3.63, 3.8) is 0 Å². The number of hydrogen-bond acceptors (Lipinski definition) is 6. The number of anilines is 2. The Morgan fingerprint density at radius 1 is 0.860 bits per heavy atom. The van der Waals surface area contributed by atoms with E-state index < -0.39 is 5.41 Å². The van der Waals surface area contributed by atoms with E-state index in [4.69, 9.17) is 4.74 Å². The highest BCUT2D eigenvalue weighted by Gasteiger charge is 2.44. The Morgan fingerprint density at radius 2 is 1.49 bits per heavy atom. The van der Waals surface area contributed by atoms with Crippen molar-refractivity contribution in [3.05, 3.63) is 84.2 Å². The number of rotatable bonds is 11. The van der Waals surface area contributed by atoms with Gasteiger partial charge in [0.05, 0.1) is 18.0 Å². The molecule has 0 saturated heterocycles. The number of pyridine rings is 1. The van der Waals surface area contributed by atoms with Gasteiger partial charge in [0, 0.05) is 71.3 Å². The van der Waals surface area contributed by atoms with E-state index in [0.717, 1.165) is 25.1 Å². The molecule has 0 aliphatic carbocycles. The topological polar surface area (TPSA) is 86.3 Å². The first-order chi connectivity index (χ1) is 19.6. The summed E-state index contributed by atoms with van der Waals surface area (Å²) in [6.45, 7) is 6.58. The second-order valence-electron chi connectivity index (χ2n) is 10.9. The van der Waals surface area contributed by atoms with Crippen molar-refractivity contribution in [2.24, 2.45) is 5.41 Å². The van der Waals surface area contributed by atoms with E-state index in [1.807, 2.05) is 67.7 Å². The van der Waals surface area contributed by atoms with Crippen LogP contribution in [0, 0.1) is 5.41 Å². The lowest BCUT2D eigenvalue weighted by molar-refractivity contribution is -0.137. The van der Waals surface area contributed by atoms with Crippen molar-refractivity contribution in [2.75, 3.05) is 57.2 Å². The maximum atomic E-state index is 13.0. The second-order valence-corrected chi connectivity index (χ2v) is 10.9. The van der Waals surface area contributed by atoms with Crippen LogP contribution in [0.25, 0.3) is 0 Å². The Hall–Kier alpha value is -3.66. The van der Waals surface area contributed by atoms with Crippen LogP contribution in [0.5, 0.6) is 5.75 Å². The summed E-state index contributed by atoms with van der Waals surface area (Å²) in [5.74, 6) is 0.137. The van der Waals surface area contributed by atoms with Crippen LogP contribution in [0.15, 0.2) is 73.1 Å². The number of carbonyl (C=O) groups excluding carboxylic acids is 3. The lowest BCUT2D eigenvalue weighted by Crippen LogP contribution is -2.46. The van der Waals surface area contributed by atoms with Crippen LogP contribution in [-0.2, 0) is 16.1 Å². The maximum Gasteiger partial charge on any atom is 0.253 e. The van der Waals surface area contributed by atoms with Gasteiger partial charge in [-0.05, 0) is 62.2 Å². The quantitative estimate of drug-likeness (QED) is 0.221. The SMILES string of the molecule is CN(CCN(CCCOc1ccc2c(c1)N(C)C(=O)C(C)(C)C(=O)N2C)Cc1ccncc1)C(=O)c1ccccc1.Cl.Cl. The molecule has 0 N–H and O–H groups in total. The van der Waals surface area contributed by atoms with E-state index in [9.17, 15) is 14.4 Å². The summed E-state index contributed by atoms with van der Waals surface area (Å²) in [6.07, 6.45) is 4.33. The van der Waals surface area contributed by atoms with Crippen molar-refractivity contribution in [3.8, 4) is 5.75 Å². The third-order valence-corrected chi connectivity index (χ3v) is 7.51. The number of likely N-dealkylation sites (N-methyl/N-ethyl adjacent to an activating group) is 1. The zero-order valence-corrected chi connectivity index (χ0v) is 27.0. The Morgan fingerprint density at radius 3 is 2.14 bits per heavy atom.